The second kappa shape index (κ2) is 6.32. The molecule has 1 spiro atoms. The van der Waals surface area contributed by atoms with E-state index in [0.717, 1.165) is 30.8 Å². The molecule has 4 nitrogen and oxygen atoms in total. The van der Waals surface area contributed by atoms with Gasteiger partial charge in [-0.2, -0.15) is 0 Å². The van der Waals surface area contributed by atoms with Crippen molar-refractivity contribution in [2.45, 2.75) is 30.3 Å². The van der Waals surface area contributed by atoms with Gasteiger partial charge in [0.1, 0.15) is 0 Å². The largest absolute Gasteiger partial charge is 0.373 e. The molecular formula is C15H19FN2O2S. The molecule has 1 aromatic heterocycles. The van der Waals surface area contributed by atoms with Gasteiger partial charge in [0, 0.05) is 31.2 Å². The zero-order valence-electron chi connectivity index (χ0n) is 11.8. The SMILES string of the molecule is O=C(CCF)N1CC2(C[C@H](OCc3ccncc3)CS2)C1. The Balaban J connectivity index is 1.43. The average molecular weight is 310 g/mol. The van der Waals surface area contributed by atoms with Gasteiger partial charge in [-0.1, -0.05) is 0 Å². The Hall–Kier alpha value is -1.14. The fourth-order valence-electron chi connectivity index (χ4n) is 2.89. The lowest BCUT2D eigenvalue weighted by Crippen LogP contribution is -2.60. The molecule has 2 fully saturated rings. The first-order chi connectivity index (χ1) is 10.2. The highest BCUT2D eigenvalue weighted by molar-refractivity contribution is 8.01. The molecule has 1 atom stereocenters. The van der Waals surface area contributed by atoms with Gasteiger partial charge in [-0.25, -0.2) is 0 Å². The number of aromatic nitrogens is 1. The molecule has 21 heavy (non-hydrogen) atoms. The Morgan fingerprint density at radius 3 is 2.95 bits per heavy atom. The van der Waals surface area contributed by atoms with Crippen LogP contribution in [0.2, 0.25) is 0 Å². The minimum Gasteiger partial charge on any atom is -0.373 e. The highest BCUT2D eigenvalue weighted by Gasteiger charge is 2.50. The van der Waals surface area contributed by atoms with Gasteiger partial charge in [-0.15, -0.1) is 11.8 Å². The summed E-state index contributed by atoms with van der Waals surface area (Å²) in [6.07, 6.45) is 4.76. The number of hydrogen-bond donors (Lipinski definition) is 0. The molecule has 0 radical (unpaired) electrons. The lowest BCUT2D eigenvalue weighted by Gasteiger charge is -2.47. The van der Waals surface area contributed by atoms with E-state index in [1.54, 1.807) is 17.3 Å². The number of nitrogens with zero attached hydrogens (tertiary/aromatic N) is 2. The monoisotopic (exact) mass is 310 g/mol. The van der Waals surface area contributed by atoms with E-state index in [-0.39, 0.29) is 23.2 Å². The van der Waals surface area contributed by atoms with E-state index in [1.807, 2.05) is 23.9 Å². The van der Waals surface area contributed by atoms with Gasteiger partial charge in [-0.3, -0.25) is 14.2 Å². The van der Waals surface area contributed by atoms with Crippen molar-refractivity contribution in [1.29, 1.82) is 0 Å². The van der Waals surface area contributed by atoms with Gasteiger partial charge in [-0.05, 0) is 24.1 Å². The van der Waals surface area contributed by atoms with E-state index in [0.29, 0.717) is 6.61 Å². The highest BCUT2D eigenvalue weighted by Crippen LogP contribution is 2.46. The van der Waals surface area contributed by atoms with Gasteiger partial charge in [0.2, 0.25) is 5.91 Å². The molecule has 0 aromatic carbocycles. The number of amides is 1. The molecule has 114 valence electrons. The van der Waals surface area contributed by atoms with Crippen molar-refractivity contribution in [2.24, 2.45) is 0 Å². The fraction of sp³-hybridized carbons (Fsp3) is 0.600. The maximum atomic E-state index is 12.2. The topological polar surface area (TPSA) is 42.4 Å². The van der Waals surface area contributed by atoms with E-state index in [1.165, 1.54) is 0 Å². The molecule has 3 heterocycles. The van der Waals surface area contributed by atoms with E-state index < -0.39 is 6.67 Å². The zero-order chi connectivity index (χ0) is 14.7. The van der Waals surface area contributed by atoms with Crippen molar-refractivity contribution in [3.8, 4) is 0 Å². The third-order valence-corrected chi connectivity index (χ3v) is 5.60. The van der Waals surface area contributed by atoms with Crippen molar-refractivity contribution < 1.29 is 13.9 Å². The van der Waals surface area contributed by atoms with Crippen molar-refractivity contribution >= 4 is 17.7 Å². The number of ether oxygens (including phenoxy) is 1. The van der Waals surface area contributed by atoms with Gasteiger partial charge in [0.25, 0.3) is 0 Å². The van der Waals surface area contributed by atoms with Crippen LogP contribution in [0.3, 0.4) is 0 Å². The quantitative estimate of drug-likeness (QED) is 0.835. The number of halogens is 1. The molecule has 6 heteroatoms. The predicted octanol–water partition coefficient (Wildman–Crippen LogP) is 2.04. The Morgan fingerprint density at radius 1 is 1.48 bits per heavy atom. The number of pyridine rings is 1. The summed E-state index contributed by atoms with van der Waals surface area (Å²) in [5, 5.41) is 0. The van der Waals surface area contributed by atoms with Crippen molar-refractivity contribution in [3.63, 3.8) is 0 Å². The molecule has 2 aliphatic heterocycles. The molecule has 0 saturated carbocycles. The van der Waals surface area contributed by atoms with E-state index in [2.05, 4.69) is 4.98 Å². The average Bonchev–Trinajstić information content (AvgIpc) is 2.89. The normalized spacial score (nSPS) is 23.3. The number of alkyl halides is 1. The summed E-state index contributed by atoms with van der Waals surface area (Å²) >= 11 is 1.89. The smallest absolute Gasteiger partial charge is 0.225 e. The predicted molar refractivity (Wildman–Crippen MR) is 79.8 cm³/mol. The number of rotatable bonds is 5. The standard InChI is InChI=1S/C15H19FN2O2S/c16-4-1-14(19)18-10-15(11-18)7-13(9-21-15)20-8-12-2-5-17-6-3-12/h2-3,5-6,13H,1,4,7-11H2/t13-/m0/s1. The minimum atomic E-state index is -0.562. The fourth-order valence-corrected chi connectivity index (χ4v) is 4.44. The van der Waals surface area contributed by atoms with Crippen LogP contribution in [0.1, 0.15) is 18.4 Å². The molecule has 0 unspecified atom stereocenters. The second-order valence-electron chi connectivity index (χ2n) is 5.68. The summed E-state index contributed by atoms with van der Waals surface area (Å²) in [7, 11) is 0. The number of hydrogen-bond acceptors (Lipinski definition) is 4. The molecule has 3 rings (SSSR count). The molecule has 0 N–H and O–H groups in total. The summed E-state index contributed by atoms with van der Waals surface area (Å²) in [4.78, 5) is 17.3. The Bertz CT molecular complexity index is 494. The molecule has 1 aromatic rings. The zero-order valence-corrected chi connectivity index (χ0v) is 12.7. The molecular weight excluding hydrogens is 291 g/mol. The lowest BCUT2D eigenvalue weighted by molar-refractivity contribution is -0.137. The molecule has 0 bridgehead atoms. The number of likely N-dealkylation sites (tertiary alicyclic amines) is 1. The first kappa shape index (κ1) is 14.8. The van der Waals surface area contributed by atoms with Gasteiger partial charge >= 0.3 is 0 Å². The first-order valence-electron chi connectivity index (χ1n) is 7.19. The first-order valence-corrected chi connectivity index (χ1v) is 8.17. The Morgan fingerprint density at radius 2 is 2.24 bits per heavy atom. The molecule has 2 saturated heterocycles. The highest BCUT2D eigenvalue weighted by atomic mass is 32.2. The van der Waals surface area contributed by atoms with Gasteiger partial charge in [0.05, 0.1) is 30.6 Å². The number of carbonyl (C=O) groups is 1. The van der Waals surface area contributed by atoms with Crippen LogP contribution in [0.5, 0.6) is 0 Å². The van der Waals surface area contributed by atoms with Crippen molar-refractivity contribution in [2.75, 3.05) is 25.5 Å². The maximum absolute atomic E-state index is 12.2. The van der Waals surface area contributed by atoms with Crippen LogP contribution in [0, 0.1) is 0 Å². The molecule has 2 aliphatic rings. The van der Waals surface area contributed by atoms with E-state index in [4.69, 9.17) is 4.74 Å². The third kappa shape index (κ3) is 3.37. The molecule has 0 aliphatic carbocycles. The Labute approximate surface area is 128 Å². The van der Waals surface area contributed by atoms with Crippen LogP contribution in [0.4, 0.5) is 4.39 Å². The van der Waals surface area contributed by atoms with Crippen LogP contribution >= 0.6 is 11.8 Å². The number of carbonyl (C=O) groups excluding carboxylic acids is 1. The van der Waals surface area contributed by atoms with E-state index in [9.17, 15) is 9.18 Å². The number of thioether (sulfide) groups is 1. The van der Waals surface area contributed by atoms with Gasteiger partial charge < -0.3 is 9.64 Å². The van der Waals surface area contributed by atoms with E-state index >= 15 is 0 Å². The van der Waals surface area contributed by atoms with Gasteiger partial charge in [0.15, 0.2) is 0 Å². The summed E-state index contributed by atoms with van der Waals surface area (Å²) in [6.45, 7) is 1.53. The van der Waals surface area contributed by atoms with Crippen molar-refractivity contribution in [1.82, 2.24) is 9.88 Å². The van der Waals surface area contributed by atoms with Crippen molar-refractivity contribution in [3.05, 3.63) is 30.1 Å². The lowest BCUT2D eigenvalue weighted by atomic mass is 9.92. The van der Waals surface area contributed by atoms with Crippen LogP contribution in [0.15, 0.2) is 24.5 Å². The van der Waals surface area contributed by atoms with Crippen LogP contribution < -0.4 is 0 Å². The summed E-state index contributed by atoms with van der Waals surface area (Å²) in [5.74, 6) is 0.904. The summed E-state index contributed by atoms with van der Waals surface area (Å²) < 4.78 is 18.3. The third-order valence-electron chi connectivity index (χ3n) is 4.03. The minimum absolute atomic E-state index is 0.0166. The van der Waals surface area contributed by atoms with Crippen LogP contribution in [-0.4, -0.2) is 52.2 Å². The Kier molecular flexibility index (Phi) is 4.45. The summed E-state index contributed by atoms with van der Waals surface area (Å²) in [6, 6.07) is 3.91. The van der Waals surface area contributed by atoms with Crippen LogP contribution in [-0.2, 0) is 16.1 Å². The second-order valence-corrected chi connectivity index (χ2v) is 7.16. The maximum Gasteiger partial charge on any atom is 0.225 e. The molecule has 1 amide bonds. The summed E-state index contributed by atoms with van der Waals surface area (Å²) in [5.41, 5.74) is 1.13. The van der Waals surface area contributed by atoms with Crippen LogP contribution in [0.25, 0.3) is 0 Å².